The molecule has 1 fully saturated rings. The molecule has 3 aromatic rings. The summed E-state index contributed by atoms with van der Waals surface area (Å²) in [6.07, 6.45) is 2.49. The second-order valence-corrected chi connectivity index (χ2v) is 8.32. The molecule has 0 atom stereocenters. The number of thioether (sulfide) groups is 1. The molecule has 0 N–H and O–H groups in total. The van der Waals surface area contributed by atoms with Gasteiger partial charge in [0.05, 0.1) is 6.54 Å². The normalized spacial score (nSPS) is 14.0. The van der Waals surface area contributed by atoms with Crippen LogP contribution in [0.1, 0.15) is 35.7 Å². The second-order valence-electron chi connectivity index (χ2n) is 7.26. The summed E-state index contributed by atoms with van der Waals surface area (Å²) in [5, 5.41) is 10.1. The highest BCUT2D eigenvalue weighted by molar-refractivity contribution is 7.99. The number of hydrogen-bond acceptors (Lipinski definition) is 4. The van der Waals surface area contributed by atoms with E-state index in [2.05, 4.69) is 87.4 Å². The monoisotopic (exact) mass is 378 g/mol. The first-order valence-electron chi connectivity index (χ1n) is 9.62. The molecule has 0 amide bonds. The van der Waals surface area contributed by atoms with Gasteiger partial charge < -0.3 is 9.47 Å². The van der Waals surface area contributed by atoms with Crippen LogP contribution in [-0.4, -0.2) is 39.0 Å². The maximum Gasteiger partial charge on any atom is 0.191 e. The van der Waals surface area contributed by atoms with Crippen LogP contribution in [0.2, 0.25) is 0 Å². The van der Waals surface area contributed by atoms with Gasteiger partial charge >= 0.3 is 0 Å². The van der Waals surface area contributed by atoms with Gasteiger partial charge in [-0.1, -0.05) is 72.4 Å². The van der Waals surface area contributed by atoms with E-state index in [-0.39, 0.29) is 0 Å². The zero-order chi connectivity index (χ0) is 18.5. The summed E-state index contributed by atoms with van der Waals surface area (Å²) < 4.78 is 2.33. The number of rotatable bonds is 9. The van der Waals surface area contributed by atoms with Gasteiger partial charge in [0.1, 0.15) is 5.82 Å². The van der Waals surface area contributed by atoms with E-state index in [1.54, 1.807) is 0 Å². The second kappa shape index (κ2) is 8.72. The van der Waals surface area contributed by atoms with Gasteiger partial charge in [0.25, 0.3) is 0 Å². The molecule has 140 valence electrons. The van der Waals surface area contributed by atoms with E-state index < -0.39 is 0 Å². The highest BCUT2D eigenvalue weighted by Gasteiger charge is 2.30. The van der Waals surface area contributed by atoms with Crippen molar-refractivity contribution in [2.75, 3.05) is 19.3 Å². The summed E-state index contributed by atoms with van der Waals surface area (Å²) in [4.78, 5) is 2.36. The van der Waals surface area contributed by atoms with E-state index in [0.717, 1.165) is 30.5 Å². The number of nitrogens with zero attached hydrogens (tertiary/aromatic N) is 4. The van der Waals surface area contributed by atoms with Gasteiger partial charge in [-0.05, 0) is 31.0 Å². The molecule has 4 rings (SSSR count). The van der Waals surface area contributed by atoms with Crippen molar-refractivity contribution in [3.05, 3.63) is 77.6 Å². The quantitative estimate of drug-likeness (QED) is 0.516. The Morgan fingerprint density at radius 2 is 1.63 bits per heavy atom. The lowest BCUT2D eigenvalue weighted by atomic mass is 10.2. The minimum atomic E-state index is 0.608. The Hall–Kier alpha value is -2.11. The molecule has 0 bridgehead atoms. The van der Waals surface area contributed by atoms with E-state index in [1.807, 2.05) is 11.8 Å². The van der Waals surface area contributed by atoms with E-state index in [0.29, 0.717) is 5.92 Å². The van der Waals surface area contributed by atoms with Gasteiger partial charge in [-0.15, -0.1) is 10.2 Å². The topological polar surface area (TPSA) is 34.0 Å². The summed E-state index contributed by atoms with van der Waals surface area (Å²) in [5.74, 6) is 2.79. The van der Waals surface area contributed by atoms with E-state index in [9.17, 15) is 0 Å². The zero-order valence-electron chi connectivity index (χ0n) is 15.8. The lowest BCUT2D eigenvalue weighted by molar-refractivity contribution is 0.348. The Balaban J connectivity index is 1.37. The summed E-state index contributed by atoms with van der Waals surface area (Å²) in [6, 6.07) is 21.3. The van der Waals surface area contributed by atoms with Crippen LogP contribution in [0.3, 0.4) is 0 Å². The summed E-state index contributed by atoms with van der Waals surface area (Å²) >= 11 is 1.82. The predicted molar refractivity (Wildman–Crippen MR) is 111 cm³/mol. The van der Waals surface area contributed by atoms with Gasteiger partial charge in [0.15, 0.2) is 5.16 Å². The Morgan fingerprint density at radius 1 is 0.963 bits per heavy atom. The third kappa shape index (κ3) is 4.99. The van der Waals surface area contributed by atoms with Crippen molar-refractivity contribution in [2.24, 2.45) is 0 Å². The maximum absolute atomic E-state index is 4.52. The molecule has 1 aromatic heterocycles. The van der Waals surface area contributed by atoms with Gasteiger partial charge in [-0.25, -0.2) is 0 Å². The molecule has 2 aromatic carbocycles. The summed E-state index contributed by atoms with van der Waals surface area (Å²) in [6.45, 7) is 2.86. The fourth-order valence-electron chi connectivity index (χ4n) is 3.23. The molecule has 0 saturated heterocycles. The molecule has 0 unspecified atom stereocenters. The number of benzene rings is 2. The maximum atomic E-state index is 4.52. The molecule has 0 aliphatic heterocycles. The van der Waals surface area contributed by atoms with E-state index in [4.69, 9.17) is 0 Å². The van der Waals surface area contributed by atoms with Gasteiger partial charge in [0.2, 0.25) is 0 Å². The first kappa shape index (κ1) is 18.3. The van der Waals surface area contributed by atoms with Crippen LogP contribution in [0.5, 0.6) is 0 Å². The Kier molecular flexibility index (Phi) is 5.90. The summed E-state index contributed by atoms with van der Waals surface area (Å²) in [7, 11) is 2.18. The zero-order valence-corrected chi connectivity index (χ0v) is 16.6. The van der Waals surface area contributed by atoms with Crippen molar-refractivity contribution in [2.45, 2.75) is 37.0 Å². The number of aromatic nitrogens is 3. The smallest absolute Gasteiger partial charge is 0.191 e. The van der Waals surface area contributed by atoms with Crippen LogP contribution in [0.25, 0.3) is 0 Å². The fraction of sp³-hybridized carbons (Fsp3) is 0.364. The molecular weight excluding hydrogens is 352 g/mol. The molecule has 0 spiro atoms. The van der Waals surface area contributed by atoms with Crippen LogP contribution in [0.4, 0.5) is 0 Å². The largest absolute Gasteiger partial charge is 0.301 e. The van der Waals surface area contributed by atoms with Gasteiger partial charge in [-0.3, -0.25) is 0 Å². The lowest BCUT2D eigenvalue weighted by Gasteiger charge is -2.16. The van der Waals surface area contributed by atoms with Crippen molar-refractivity contribution in [3.8, 4) is 0 Å². The molecule has 1 aliphatic rings. The number of hydrogen-bond donors (Lipinski definition) is 0. The third-order valence-electron chi connectivity index (χ3n) is 4.87. The molecule has 1 saturated carbocycles. The minimum absolute atomic E-state index is 0.608. The molecular formula is C22H26N4S. The third-order valence-corrected chi connectivity index (χ3v) is 5.82. The SMILES string of the molecule is CN(CCSc1nnc(C2CC2)n1Cc1ccccc1)Cc1ccccc1. The first-order valence-corrected chi connectivity index (χ1v) is 10.6. The highest BCUT2D eigenvalue weighted by Crippen LogP contribution is 2.40. The average molecular weight is 379 g/mol. The molecule has 1 aliphatic carbocycles. The van der Waals surface area contributed by atoms with Crippen LogP contribution < -0.4 is 0 Å². The van der Waals surface area contributed by atoms with Crippen molar-refractivity contribution in [3.63, 3.8) is 0 Å². The Labute approximate surface area is 165 Å². The highest BCUT2D eigenvalue weighted by atomic mass is 32.2. The van der Waals surface area contributed by atoms with Gasteiger partial charge in [0, 0.05) is 24.8 Å². The minimum Gasteiger partial charge on any atom is -0.301 e. The standard InChI is InChI=1S/C22H26N4S/c1-25(16-18-8-4-2-5-9-18)14-15-27-22-24-23-21(20-12-13-20)26(22)17-19-10-6-3-7-11-19/h2-11,20H,12-17H2,1H3. The predicted octanol–water partition coefficient (Wildman–Crippen LogP) is 4.43. The van der Waals surface area contributed by atoms with Crippen molar-refractivity contribution < 1.29 is 0 Å². The Morgan fingerprint density at radius 3 is 2.30 bits per heavy atom. The lowest BCUT2D eigenvalue weighted by Crippen LogP contribution is -2.20. The van der Waals surface area contributed by atoms with Gasteiger partial charge in [-0.2, -0.15) is 0 Å². The Bertz CT molecular complexity index is 843. The van der Waals surface area contributed by atoms with Crippen molar-refractivity contribution >= 4 is 11.8 Å². The molecule has 1 heterocycles. The fourth-order valence-corrected chi connectivity index (χ4v) is 4.23. The van der Waals surface area contributed by atoms with Crippen LogP contribution in [0.15, 0.2) is 65.8 Å². The molecule has 5 heteroatoms. The van der Waals surface area contributed by atoms with Crippen LogP contribution in [0, 0.1) is 0 Å². The molecule has 27 heavy (non-hydrogen) atoms. The average Bonchev–Trinajstić information content (AvgIpc) is 3.46. The first-order chi connectivity index (χ1) is 13.3. The van der Waals surface area contributed by atoms with Crippen LogP contribution >= 0.6 is 11.8 Å². The van der Waals surface area contributed by atoms with Crippen molar-refractivity contribution in [1.82, 2.24) is 19.7 Å². The van der Waals surface area contributed by atoms with E-state index in [1.165, 1.54) is 29.8 Å². The molecule has 0 radical (unpaired) electrons. The van der Waals surface area contributed by atoms with E-state index >= 15 is 0 Å². The summed E-state index contributed by atoms with van der Waals surface area (Å²) in [5.41, 5.74) is 2.66. The van der Waals surface area contributed by atoms with Crippen molar-refractivity contribution in [1.29, 1.82) is 0 Å². The van der Waals surface area contributed by atoms with Crippen LogP contribution in [-0.2, 0) is 13.1 Å². The molecule has 4 nitrogen and oxygen atoms in total.